The van der Waals surface area contributed by atoms with Gasteiger partial charge >= 0.3 is 5.97 Å². The maximum absolute atomic E-state index is 11.8. The van der Waals surface area contributed by atoms with Gasteiger partial charge in [0.2, 0.25) is 5.95 Å². The monoisotopic (exact) mass is 336 g/mol. The van der Waals surface area contributed by atoms with Crippen LogP contribution in [0.25, 0.3) is 0 Å². The highest BCUT2D eigenvalue weighted by atomic mass is 16.5. The molecule has 0 saturated heterocycles. The summed E-state index contributed by atoms with van der Waals surface area (Å²) in [6.45, 7) is 6.04. The van der Waals surface area contributed by atoms with Crippen LogP contribution in [0.4, 0.5) is 5.95 Å². The first kappa shape index (κ1) is 19.9. The lowest BCUT2D eigenvalue weighted by Crippen LogP contribution is -2.37. The lowest BCUT2D eigenvalue weighted by Gasteiger charge is -2.16. The van der Waals surface area contributed by atoms with Crippen LogP contribution in [-0.4, -0.2) is 48.1 Å². The van der Waals surface area contributed by atoms with Crippen molar-refractivity contribution in [2.24, 2.45) is 5.92 Å². The molecule has 7 nitrogen and oxygen atoms in total. The molecule has 0 spiro atoms. The molecule has 1 atom stereocenters. The molecule has 1 aromatic rings. The Bertz CT molecular complexity index is 508. The summed E-state index contributed by atoms with van der Waals surface area (Å²) in [6, 6.07) is 1.78. The van der Waals surface area contributed by atoms with Crippen molar-refractivity contribution in [3.8, 4) is 0 Å². The number of likely N-dealkylation sites (N-methyl/N-ethyl adjacent to an activating group) is 1. The summed E-state index contributed by atoms with van der Waals surface area (Å²) in [4.78, 5) is 33.2. The van der Waals surface area contributed by atoms with Gasteiger partial charge < -0.3 is 15.0 Å². The second-order valence-corrected chi connectivity index (χ2v) is 6.36. The summed E-state index contributed by atoms with van der Waals surface area (Å²) in [7, 11) is 1.69. The standard InChI is InChI=1S/C17H28N4O3/c1-13(2)7-5-8-14(3)20-15(22)12-24-16(23)11-21(4)17-18-9-6-10-19-17/h6,9-10,13-14H,5,7-8,11-12H2,1-4H3,(H,20,22). The fourth-order valence-corrected chi connectivity index (χ4v) is 2.17. The smallest absolute Gasteiger partial charge is 0.326 e. The predicted octanol–water partition coefficient (Wildman–Crippen LogP) is 1.79. The Balaban J connectivity index is 2.22. The van der Waals surface area contributed by atoms with Crippen LogP contribution in [0, 0.1) is 5.92 Å². The predicted molar refractivity (Wildman–Crippen MR) is 92.6 cm³/mol. The number of ether oxygens (including phenoxy) is 1. The Morgan fingerprint density at radius 1 is 1.21 bits per heavy atom. The van der Waals surface area contributed by atoms with Gasteiger partial charge in [-0.25, -0.2) is 9.97 Å². The molecule has 7 heteroatoms. The third-order valence-electron chi connectivity index (χ3n) is 3.45. The van der Waals surface area contributed by atoms with Crippen LogP contribution in [-0.2, 0) is 14.3 Å². The second-order valence-electron chi connectivity index (χ2n) is 6.36. The minimum absolute atomic E-state index is 0.0127. The molecule has 1 N–H and O–H groups in total. The van der Waals surface area contributed by atoms with Gasteiger partial charge in [0, 0.05) is 25.5 Å². The van der Waals surface area contributed by atoms with Gasteiger partial charge in [0.05, 0.1) is 0 Å². The van der Waals surface area contributed by atoms with Gasteiger partial charge in [0.25, 0.3) is 5.91 Å². The van der Waals surface area contributed by atoms with Gasteiger partial charge in [0.1, 0.15) is 6.54 Å². The number of esters is 1. The molecule has 24 heavy (non-hydrogen) atoms. The van der Waals surface area contributed by atoms with Crippen molar-refractivity contribution >= 4 is 17.8 Å². The van der Waals surface area contributed by atoms with Crippen molar-refractivity contribution in [3.05, 3.63) is 18.5 Å². The molecule has 0 aliphatic heterocycles. The molecule has 0 aliphatic carbocycles. The summed E-state index contributed by atoms with van der Waals surface area (Å²) in [5.41, 5.74) is 0. The van der Waals surface area contributed by atoms with E-state index in [1.54, 1.807) is 30.4 Å². The van der Waals surface area contributed by atoms with E-state index in [0.717, 1.165) is 19.3 Å². The van der Waals surface area contributed by atoms with Gasteiger partial charge in [-0.15, -0.1) is 0 Å². The molecule has 0 fully saturated rings. The van der Waals surface area contributed by atoms with Crippen LogP contribution in [0.15, 0.2) is 18.5 Å². The SMILES string of the molecule is CC(C)CCCC(C)NC(=O)COC(=O)CN(C)c1ncccn1. The molecule has 0 bridgehead atoms. The lowest BCUT2D eigenvalue weighted by atomic mass is 10.0. The number of nitrogens with zero attached hydrogens (tertiary/aromatic N) is 3. The van der Waals surface area contributed by atoms with Crippen molar-refractivity contribution in [2.75, 3.05) is 25.1 Å². The highest BCUT2D eigenvalue weighted by Crippen LogP contribution is 2.08. The average molecular weight is 336 g/mol. The molecule has 1 aromatic heterocycles. The first-order valence-corrected chi connectivity index (χ1v) is 8.31. The molecule has 1 rings (SSSR count). The Hall–Kier alpha value is -2.18. The minimum atomic E-state index is -0.493. The molecule has 134 valence electrons. The minimum Gasteiger partial charge on any atom is -0.454 e. The third kappa shape index (κ3) is 8.45. The number of aromatic nitrogens is 2. The molecule has 1 unspecified atom stereocenters. The fraction of sp³-hybridized carbons (Fsp3) is 0.647. The summed E-state index contributed by atoms with van der Waals surface area (Å²) in [5, 5.41) is 2.84. The Labute approximate surface area is 143 Å². The Morgan fingerprint density at radius 3 is 2.50 bits per heavy atom. The van der Waals surface area contributed by atoms with Crippen molar-refractivity contribution in [3.63, 3.8) is 0 Å². The van der Waals surface area contributed by atoms with E-state index in [0.29, 0.717) is 11.9 Å². The van der Waals surface area contributed by atoms with Crippen molar-refractivity contribution in [2.45, 2.75) is 46.1 Å². The number of rotatable bonds is 10. The van der Waals surface area contributed by atoms with E-state index >= 15 is 0 Å². The first-order valence-electron chi connectivity index (χ1n) is 8.31. The van der Waals surface area contributed by atoms with Gasteiger partial charge in [-0.2, -0.15) is 0 Å². The van der Waals surface area contributed by atoms with E-state index in [-0.39, 0.29) is 25.1 Å². The lowest BCUT2D eigenvalue weighted by molar-refractivity contribution is -0.147. The van der Waals surface area contributed by atoms with Crippen LogP contribution < -0.4 is 10.2 Å². The van der Waals surface area contributed by atoms with E-state index in [9.17, 15) is 9.59 Å². The normalized spacial score (nSPS) is 11.9. The largest absolute Gasteiger partial charge is 0.454 e. The number of nitrogens with one attached hydrogen (secondary N) is 1. The van der Waals surface area contributed by atoms with Crippen molar-refractivity contribution in [1.82, 2.24) is 15.3 Å². The fourth-order valence-electron chi connectivity index (χ4n) is 2.17. The van der Waals surface area contributed by atoms with E-state index < -0.39 is 5.97 Å². The summed E-state index contributed by atoms with van der Waals surface area (Å²) in [5.74, 6) is 0.323. The van der Waals surface area contributed by atoms with Gasteiger partial charge in [-0.1, -0.05) is 26.7 Å². The van der Waals surface area contributed by atoms with Crippen LogP contribution in [0.1, 0.15) is 40.0 Å². The van der Waals surface area contributed by atoms with E-state index in [1.807, 2.05) is 6.92 Å². The van der Waals surface area contributed by atoms with E-state index in [4.69, 9.17) is 4.74 Å². The zero-order chi connectivity index (χ0) is 17.9. The van der Waals surface area contributed by atoms with Crippen LogP contribution >= 0.6 is 0 Å². The molecular formula is C17H28N4O3. The molecular weight excluding hydrogens is 308 g/mol. The first-order chi connectivity index (χ1) is 11.4. The molecule has 0 aliphatic rings. The highest BCUT2D eigenvalue weighted by Gasteiger charge is 2.13. The molecule has 0 aromatic carbocycles. The second kappa shape index (κ2) is 10.6. The highest BCUT2D eigenvalue weighted by molar-refractivity contribution is 5.82. The maximum Gasteiger partial charge on any atom is 0.326 e. The summed E-state index contributed by atoms with van der Waals surface area (Å²) < 4.78 is 4.99. The zero-order valence-corrected chi connectivity index (χ0v) is 15.0. The number of carbonyl (C=O) groups excluding carboxylic acids is 2. The van der Waals surface area contributed by atoms with Crippen molar-refractivity contribution in [1.29, 1.82) is 0 Å². The van der Waals surface area contributed by atoms with Crippen LogP contribution in [0.2, 0.25) is 0 Å². The number of amides is 1. The maximum atomic E-state index is 11.8. The third-order valence-corrected chi connectivity index (χ3v) is 3.45. The van der Waals surface area contributed by atoms with E-state index in [2.05, 4.69) is 29.1 Å². The Morgan fingerprint density at radius 2 is 1.88 bits per heavy atom. The van der Waals surface area contributed by atoms with E-state index in [1.165, 1.54) is 0 Å². The quantitative estimate of drug-likeness (QED) is 0.656. The molecule has 0 saturated carbocycles. The van der Waals surface area contributed by atoms with Gasteiger partial charge in [-0.05, 0) is 25.3 Å². The average Bonchev–Trinajstić information content (AvgIpc) is 2.53. The van der Waals surface area contributed by atoms with Gasteiger partial charge in [-0.3, -0.25) is 9.59 Å². The summed E-state index contributed by atoms with van der Waals surface area (Å²) in [6.07, 6.45) is 6.33. The Kier molecular flexibility index (Phi) is 8.75. The summed E-state index contributed by atoms with van der Waals surface area (Å²) >= 11 is 0. The van der Waals surface area contributed by atoms with Crippen LogP contribution in [0.5, 0.6) is 0 Å². The molecule has 1 heterocycles. The van der Waals surface area contributed by atoms with Gasteiger partial charge in [0.15, 0.2) is 6.61 Å². The number of hydrogen-bond donors (Lipinski definition) is 1. The zero-order valence-electron chi connectivity index (χ0n) is 15.0. The number of carbonyl (C=O) groups is 2. The van der Waals surface area contributed by atoms with Crippen LogP contribution in [0.3, 0.4) is 0 Å². The number of hydrogen-bond acceptors (Lipinski definition) is 6. The van der Waals surface area contributed by atoms with Crippen molar-refractivity contribution < 1.29 is 14.3 Å². The topological polar surface area (TPSA) is 84.4 Å². The molecule has 0 radical (unpaired) electrons. The molecule has 1 amide bonds. The number of anilines is 1.